The number of alkyl halides is 3. The molecule has 166 valence electrons. The van der Waals surface area contributed by atoms with Crippen LogP contribution in [0.1, 0.15) is 24.8 Å². The van der Waals surface area contributed by atoms with E-state index in [1.165, 1.54) is 29.2 Å². The molecule has 1 aliphatic heterocycles. The Kier molecular flexibility index (Phi) is 4.51. The van der Waals surface area contributed by atoms with Crippen LogP contribution in [-0.4, -0.2) is 33.0 Å². The molecule has 3 heterocycles. The molecule has 7 nitrogen and oxygen atoms in total. The highest BCUT2D eigenvalue weighted by atomic mass is 19.4. The summed E-state index contributed by atoms with van der Waals surface area (Å²) < 4.78 is 40.1. The van der Waals surface area contributed by atoms with Gasteiger partial charge in [-0.3, -0.25) is 9.59 Å². The molecule has 1 atom stereocenters. The number of piperidine rings is 1. The molecule has 10 heteroatoms. The Hall–Kier alpha value is -3.43. The Bertz CT molecular complexity index is 1280. The van der Waals surface area contributed by atoms with E-state index in [1.807, 2.05) is 0 Å². The summed E-state index contributed by atoms with van der Waals surface area (Å²) >= 11 is 0. The highest BCUT2D eigenvalue weighted by molar-refractivity contribution is 5.99. The van der Waals surface area contributed by atoms with E-state index >= 15 is 0 Å². The van der Waals surface area contributed by atoms with Gasteiger partial charge in [-0.1, -0.05) is 12.1 Å². The number of aromatic nitrogens is 3. The fourth-order valence-corrected chi connectivity index (χ4v) is 4.40. The van der Waals surface area contributed by atoms with Crippen molar-refractivity contribution in [3.63, 3.8) is 0 Å². The minimum absolute atomic E-state index is 0.0120. The van der Waals surface area contributed by atoms with Gasteiger partial charge in [-0.2, -0.15) is 13.2 Å². The smallest absolute Gasteiger partial charge is 0.365 e. The van der Waals surface area contributed by atoms with Crippen LogP contribution in [0.25, 0.3) is 22.0 Å². The van der Waals surface area contributed by atoms with Crippen LogP contribution >= 0.6 is 0 Å². The number of amides is 1. The van der Waals surface area contributed by atoms with Crippen LogP contribution in [0, 0.1) is 5.41 Å². The monoisotopic (exact) mass is 443 g/mol. The number of benzene rings is 1. The molecule has 2 N–H and O–H groups in total. The SMILES string of the molecule is Cn1cnc2c(-c3ccc(C(F)(F)F)cc3)cnc(N[C@@H]3CCNC(=O)C34CC4)c2c1=O. The second-order valence-corrected chi connectivity index (χ2v) is 8.38. The van der Waals surface area contributed by atoms with E-state index in [9.17, 15) is 22.8 Å². The Labute approximate surface area is 180 Å². The summed E-state index contributed by atoms with van der Waals surface area (Å²) in [6.07, 6.45) is 0.686. The predicted molar refractivity (Wildman–Crippen MR) is 112 cm³/mol. The van der Waals surface area contributed by atoms with E-state index in [4.69, 9.17) is 0 Å². The highest BCUT2D eigenvalue weighted by Crippen LogP contribution is 2.52. The van der Waals surface area contributed by atoms with Gasteiger partial charge < -0.3 is 15.2 Å². The fraction of sp³-hybridized carbons (Fsp3) is 0.364. The molecule has 5 rings (SSSR count). The maximum absolute atomic E-state index is 13.0. The van der Waals surface area contributed by atoms with Crippen LogP contribution in [0.4, 0.5) is 19.0 Å². The third-order valence-electron chi connectivity index (χ3n) is 6.41. The summed E-state index contributed by atoms with van der Waals surface area (Å²) in [4.78, 5) is 34.2. The molecule has 1 saturated heterocycles. The number of halogens is 3. The minimum Gasteiger partial charge on any atom is -0.365 e. The van der Waals surface area contributed by atoms with E-state index < -0.39 is 17.2 Å². The summed E-state index contributed by atoms with van der Waals surface area (Å²) in [5, 5.41) is 6.45. The number of aryl methyl sites for hydroxylation is 1. The Morgan fingerprint density at radius 1 is 1.16 bits per heavy atom. The van der Waals surface area contributed by atoms with Crippen molar-refractivity contribution in [1.82, 2.24) is 19.9 Å². The van der Waals surface area contributed by atoms with Gasteiger partial charge in [0.25, 0.3) is 5.56 Å². The zero-order valence-corrected chi connectivity index (χ0v) is 17.2. The summed E-state index contributed by atoms with van der Waals surface area (Å²) in [5.41, 5.74) is -0.297. The number of hydrogen-bond acceptors (Lipinski definition) is 5. The van der Waals surface area contributed by atoms with Crippen LogP contribution in [0.3, 0.4) is 0 Å². The first-order valence-corrected chi connectivity index (χ1v) is 10.3. The number of pyridine rings is 1. The van der Waals surface area contributed by atoms with Crippen LogP contribution < -0.4 is 16.2 Å². The number of fused-ring (bicyclic) bond motifs is 1. The van der Waals surface area contributed by atoms with Gasteiger partial charge in [0.15, 0.2) is 0 Å². The summed E-state index contributed by atoms with van der Waals surface area (Å²) in [6.45, 7) is 0.538. The van der Waals surface area contributed by atoms with Crippen molar-refractivity contribution in [3.05, 3.63) is 52.7 Å². The predicted octanol–water partition coefficient (Wildman–Crippen LogP) is 3.09. The van der Waals surface area contributed by atoms with Crippen molar-refractivity contribution in [2.24, 2.45) is 12.5 Å². The molecule has 3 aromatic rings. The molecule has 1 aliphatic carbocycles. The summed E-state index contributed by atoms with van der Waals surface area (Å²) in [7, 11) is 1.57. The fourth-order valence-electron chi connectivity index (χ4n) is 4.40. The number of carbonyl (C=O) groups is 1. The summed E-state index contributed by atoms with van der Waals surface area (Å²) in [6, 6.07) is 4.51. The molecular formula is C22H20F3N5O2. The van der Waals surface area contributed by atoms with E-state index in [0.29, 0.717) is 35.4 Å². The van der Waals surface area contributed by atoms with Gasteiger partial charge in [0.1, 0.15) is 11.2 Å². The van der Waals surface area contributed by atoms with Crippen LogP contribution in [0.15, 0.2) is 41.6 Å². The highest BCUT2D eigenvalue weighted by Gasteiger charge is 2.57. The van der Waals surface area contributed by atoms with Crippen LogP contribution in [-0.2, 0) is 18.0 Å². The largest absolute Gasteiger partial charge is 0.416 e. The van der Waals surface area contributed by atoms with Crippen molar-refractivity contribution in [1.29, 1.82) is 0 Å². The number of nitrogens with one attached hydrogen (secondary N) is 2. The first-order chi connectivity index (χ1) is 15.2. The Morgan fingerprint density at radius 3 is 2.53 bits per heavy atom. The molecule has 0 radical (unpaired) electrons. The molecule has 1 aromatic carbocycles. The second-order valence-electron chi connectivity index (χ2n) is 8.38. The topological polar surface area (TPSA) is 88.9 Å². The van der Waals surface area contributed by atoms with Gasteiger partial charge in [0.2, 0.25) is 5.91 Å². The average molecular weight is 443 g/mol. The van der Waals surface area contributed by atoms with Crippen molar-refractivity contribution in [3.8, 4) is 11.1 Å². The van der Waals surface area contributed by atoms with Crippen molar-refractivity contribution < 1.29 is 18.0 Å². The molecule has 1 saturated carbocycles. The van der Waals surface area contributed by atoms with Gasteiger partial charge in [-0.05, 0) is 37.0 Å². The second kappa shape index (κ2) is 7.04. The first-order valence-electron chi connectivity index (χ1n) is 10.3. The number of hydrogen-bond donors (Lipinski definition) is 2. The van der Waals surface area contributed by atoms with Gasteiger partial charge in [-0.25, -0.2) is 9.97 Å². The van der Waals surface area contributed by atoms with Gasteiger partial charge in [0.05, 0.1) is 22.8 Å². The number of carbonyl (C=O) groups excluding carboxylic acids is 1. The first kappa shape index (κ1) is 20.5. The molecule has 2 aliphatic rings. The average Bonchev–Trinajstić information content (AvgIpc) is 3.55. The Balaban J connectivity index is 1.60. The zero-order valence-electron chi connectivity index (χ0n) is 17.2. The van der Waals surface area contributed by atoms with Crippen molar-refractivity contribution in [2.45, 2.75) is 31.5 Å². The molecular weight excluding hydrogens is 423 g/mol. The number of anilines is 1. The van der Waals surface area contributed by atoms with E-state index in [1.54, 1.807) is 7.05 Å². The molecule has 0 bridgehead atoms. The lowest BCUT2D eigenvalue weighted by Gasteiger charge is -2.32. The van der Waals surface area contributed by atoms with Crippen molar-refractivity contribution >= 4 is 22.6 Å². The molecule has 2 aromatic heterocycles. The number of rotatable bonds is 3. The van der Waals surface area contributed by atoms with Crippen LogP contribution in [0.2, 0.25) is 0 Å². The molecule has 1 amide bonds. The quantitative estimate of drug-likeness (QED) is 0.650. The van der Waals surface area contributed by atoms with Gasteiger partial charge >= 0.3 is 6.18 Å². The van der Waals surface area contributed by atoms with Gasteiger partial charge in [-0.15, -0.1) is 0 Å². The molecule has 0 unspecified atom stereocenters. The van der Waals surface area contributed by atoms with E-state index in [0.717, 1.165) is 25.0 Å². The number of nitrogens with zero attached hydrogens (tertiary/aromatic N) is 3. The van der Waals surface area contributed by atoms with Crippen molar-refractivity contribution in [2.75, 3.05) is 11.9 Å². The maximum Gasteiger partial charge on any atom is 0.416 e. The molecule has 1 spiro atoms. The normalized spacial score (nSPS) is 19.8. The third-order valence-corrected chi connectivity index (χ3v) is 6.41. The van der Waals surface area contributed by atoms with E-state index in [2.05, 4.69) is 20.6 Å². The standard InChI is InChI=1S/C22H20F3N5O2/c1-30-11-28-17-14(12-2-4-13(5-3-12)22(23,24)25)10-27-18(16(17)19(30)31)29-15-6-9-26-20(32)21(15)7-8-21/h2-5,10-11,15H,6-9H2,1H3,(H,26,32)(H,27,29)/t15-/m1/s1. The zero-order chi connectivity index (χ0) is 22.7. The van der Waals surface area contributed by atoms with E-state index in [-0.39, 0.29) is 22.9 Å². The summed E-state index contributed by atoms with van der Waals surface area (Å²) in [5.74, 6) is 0.341. The molecule has 32 heavy (non-hydrogen) atoms. The third kappa shape index (κ3) is 3.21. The molecule has 2 fully saturated rings. The lowest BCUT2D eigenvalue weighted by Crippen LogP contribution is -2.50. The minimum atomic E-state index is -4.44. The van der Waals surface area contributed by atoms with Gasteiger partial charge in [0, 0.05) is 31.4 Å². The maximum atomic E-state index is 13.0. The lowest BCUT2D eigenvalue weighted by atomic mass is 9.89. The lowest BCUT2D eigenvalue weighted by molar-refractivity contribution is -0.137. The Morgan fingerprint density at radius 2 is 1.88 bits per heavy atom. The van der Waals surface area contributed by atoms with Crippen LogP contribution in [0.5, 0.6) is 0 Å².